The standard InChI is InChI=1S/C19H26N6S/c1-13-10-17(21-12-20-13)25(15-4-5-15)16-6-8-24(9-7-16)11-18-22-23-19(26-18)14-2-3-14/h10,12,14-16H,2-9,11H2,1H3. The number of aryl methyl sites for hydroxylation is 1. The van der Waals surface area contributed by atoms with Gasteiger partial charge in [0, 0.05) is 42.9 Å². The second-order valence-electron chi connectivity index (χ2n) is 7.97. The molecule has 0 N–H and O–H groups in total. The minimum atomic E-state index is 0.601. The van der Waals surface area contributed by atoms with Gasteiger partial charge in [-0.05, 0) is 45.4 Å². The van der Waals surface area contributed by atoms with Crippen LogP contribution in [0.25, 0.3) is 0 Å². The Morgan fingerprint density at radius 2 is 1.81 bits per heavy atom. The van der Waals surface area contributed by atoms with Crippen LogP contribution in [-0.2, 0) is 6.54 Å². The maximum Gasteiger partial charge on any atom is 0.132 e. The lowest BCUT2D eigenvalue weighted by Gasteiger charge is -2.39. The van der Waals surface area contributed by atoms with E-state index in [-0.39, 0.29) is 0 Å². The van der Waals surface area contributed by atoms with Crippen LogP contribution < -0.4 is 4.90 Å². The highest BCUT2D eigenvalue weighted by Gasteiger charge is 2.36. The summed E-state index contributed by atoms with van der Waals surface area (Å²) < 4.78 is 0. The Labute approximate surface area is 158 Å². The molecule has 1 aliphatic heterocycles. The molecule has 26 heavy (non-hydrogen) atoms. The SMILES string of the molecule is Cc1cc(N(C2CC2)C2CCN(Cc3nnc(C4CC4)s3)CC2)ncn1. The molecule has 3 fully saturated rings. The average Bonchev–Trinajstić information content (AvgIpc) is 3.57. The van der Waals surface area contributed by atoms with E-state index in [2.05, 4.69) is 43.0 Å². The summed E-state index contributed by atoms with van der Waals surface area (Å²) in [6.07, 6.45) is 9.33. The number of rotatable bonds is 6. The van der Waals surface area contributed by atoms with Crippen LogP contribution in [0.3, 0.4) is 0 Å². The zero-order valence-electron chi connectivity index (χ0n) is 15.3. The Morgan fingerprint density at radius 1 is 1.04 bits per heavy atom. The topological polar surface area (TPSA) is 58.0 Å². The third-order valence-corrected chi connectivity index (χ3v) is 6.78. The number of nitrogens with zero attached hydrogens (tertiary/aromatic N) is 6. The van der Waals surface area contributed by atoms with E-state index in [9.17, 15) is 0 Å². The molecule has 5 rings (SSSR count). The molecule has 6 nitrogen and oxygen atoms in total. The van der Waals surface area contributed by atoms with Crippen molar-refractivity contribution in [3.8, 4) is 0 Å². The summed E-state index contributed by atoms with van der Waals surface area (Å²) >= 11 is 1.83. The van der Waals surface area contributed by atoms with Crippen molar-refractivity contribution < 1.29 is 0 Å². The number of piperidine rings is 1. The van der Waals surface area contributed by atoms with E-state index in [0.717, 1.165) is 37.1 Å². The highest BCUT2D eigenvalue weighted by Crippen LogP contribution is 2.41. The second kappa shape index (κ2) is 6.85. The molecule has 2 aliphatic carbocycles. The molecule has 0 amide bonds. The molecule has 0 aromatic carbocycles. The fourth-order valence-electron chi connectivity index (χ4n) is 3.98. The Balaban J connectivity index is 1.21. The lowest BCUT2D eigenvalue weighted by Crippen LogP contribution is -2.46. The monoisotopic (exact) mass is 370 g/mol. The van der Waals surface area contributed by atoms with E-state index in [4.69, 9.17) is 0 Å². The van der Waals surface area contributed by atoms with Crippen molar-refractivity contribution in [2.45, 2.75) is 70.0 Å². The molecule has 3 aliphatic rings. The predicted octanol–water partition coefficient (Wildman–Crippen LogP) is 3.15. The quantitative estimate of drug-likeness (QED) is 0.779. The molecule has 138 valence electrons. The van der Waals surface area contributed by atoms with Crippen molar-refractivity contribution in [2.75, 3.05) is 18.0 Å². The number of aromatic nitrogens is 4. The van der Waals surface area contributed by atoms with E-state index in [1.54, 1.807) is 6.33 Å². The predicted molar refractivity (Wildman–Crippen MR) is 102 cm³/mol. The summed E-state index contributed by atoms with van der Waals surface area (Å²) in [6, 6.07) is 3.43. The van der Waals surface area contributed by atoms with Gasteiger partial charge in [0.2, 0.25) is 0 Å². The molecule has 2 aromatic rings. The molecular weight excluding hydrogens is 344 g/mol. The summed E-state index contributed by atoms with van der Waals surface area (Å²) in [4.78, 5) is 14.0. The van der Waals surface area contributed by atoms with E-state index in [0.29, 0.717) is 12.1 Å². The van der Waals surface area contributed by atoms with Crippen LogP contribution in [0, 0.1) is 6.92 Å². The van der Waals surface area contributed by atoms with Crippen LogP contribution in [0.2, 0.25) is 0 Å². The fraction of sp³-hybridized carbons (Fsp3) is 0.684. The van der Waals surface area contributed by atoms with E-state index in [1.165, 1.54) is 48.5 Å². The third kappa shape index (κ3) is 3.60. The zero-order chi connectivity index (χ0) is 17.5. The first kappa shape index (κ1) is 16.6. The van der Waals surface area contributed by atoms with Crippen molar-refractivity contribution >= 4 is 17.2 Å². The first-order valence-corrected chi connectivity index (χ1v) is 10.7. The smallest absolute Gasteiger partial charge is 0.132 e. The minimum Gasteiger partial charge on any atom is -0.350 e. The first-order chi connectivity index (χ1) is 12.8. The van der Waals surface area contributed by atoms with Gasteiger partial charge in [0.1, 0.15) is 22.2 Å². The molecule has 1 saturated heterocycles. The Bertz CT molecular complexity index is 761. The highest BCUT2D eigenvalue weighted by molar-refractivity contribution is 7.11. The number of hydrogen-bond donors (Lipinski definition) is 0. The Morgan fingerprint density at radius 3 is 2.50 bits per heavy atom. The van der Waals surface area contributed by atoms with Crippen molar-refractivity contribution in [3.63, 3.8) is 0 Å². The normalized spacial score (nSPS) is 21.9. The van der Waals surface area contributed by atoms with Gasteiger partial charge < -0.3 is 4.90 Å². The van der Waals surface area contributed by atoms with Crippen molar-refractivity contribution in [1.82, 2.24) is 25.1 Å². The average molecular weight is 371 g/mol. The summed E-state index contributed by atoms with van der Waals surface area (Å²) in [5.41, 5.74) is 1.06. The van der Waals surface area contributed by atoms with Gasteiger partial charge in [-0.3, -0.25) is 4.90 Å². The van der Waals surface area contributed by atoms with Gasteiger partial charge >= 0.3 is 0 Å². The summed E-state index contributed by atoms with van der Waals surface area (Å²) in [5, 5.41) is 11.3. The van der Waals surface area contributed by atoms with Gasteiger partial charge in [0.25, 0.3) is 0 Å². The van der Waals surface area contributed by atoms with Crippen LogP contribution >= 0.6 is 11.3 Å². The maximum atomic E-state index is 4.57. The Hall–Kier alpha value is -1.60. The molecular formula is C19H26N6S. The van der Waals surface area contributed by atoms with Crippen LogP contribution in [0.1, 0.15) is 60.2 Å². The number of anilines is 1. The van der Waals surface area contributed by atoms with Gasteiger partial charge in [-0.1, -0.05) is 11.3 Å². The number of hydrogen-bond acceptors (Lipinski definition) is 7. The van der Waals surface area contributed by atoms with Crippen LogP contribution in [0.15, 0.2) is 12.4 Å². The molecule has 7 heteroatoms. The number of likely N-dealkylation sites (tertiary alicyclic amines) is 1. The fourth-order valence-corrected chi connectivity index (χ4v) is 5.03. The van der Waals surface area contributed by atoms with Crippen LogP contribution in [-0.4, -0.2) is 50.2 Å². The summed E-state index contributed by atoms with van der Waals surface area (Å²) in [7, 11) is 0. The molecule has 0 bridgehead atoms. The Kier molecular flexibility index (Phi) is 4.36. The van der Waals surface area contributed by atoms with Crippen LogP contribution in [0.5, 0.6) is 0 Å². The zero-order valence-corrected chi connectivity index (χ0v) is 16.2. The largest absolute Gasteiger partial charge is 0.350 e. The van der Waals surface area contributed by atoms with Crippen molar-refractivity contribution in [3.05, 3.63) is 28.1 Å². The van der Waals surface area contributed by atoms with Crippen molar-refractivity contribution in [1.29, 1.82) is 0 Å². The van der Waals surface area contributed by atoms with Crippen LogP contribution in [0.4, 0.5) is 5.82 Å². The second-order valence-corrected chi connectivity index (χ2v) is 9.07. The van der Waals surface area contributed by atoms with Crippen molar-refractivity contribution in [2.24, 2.45) is 0 Å². The molecule has 2 aromatic heterocycles. The maximum absolute atomic E-state index is 4.57. The van der Waals surface area contributed by atoms with Gasteiger partial charge in [-0.25, -0.2) is 9.97 Å². The molecule has 0 spiro atoms. The third-order valence-electron chi connectivity index (χ3n) is 5.71. The molecule has 0 atom stereocenters. The molecule has 3 heterocycles. The lowest BCUT2D eigenvalue weighted by atomic mass is 10.0. The summed E-state index contributed by atoms with van der Waals surface area (Å²) in [5.74, 6) is 1.84. The molecule has 0 radical (unpaired) electrons. The van der Waals surface area contributed by atoms with E-state index >= 15 is 0 Å². The molecule has 2 saturated carbocycles. The van der Waals surface area contributed by atoms with E-state index < -0.39 is 0 Å². The van der Waals surface area contributed by atoms with Gasteiger partial charge in [0.15, 0.2) is 0 Å². The van der Waals surface area contributed by atoms with Gasteiger partial charge in [-0.2, -0.15) is 0 Å². The summed E-state index contributed by atoms with van der Waals surface area (Å²) in [6.45, 7) is 5.29. The van der Waals surface area contributed by atoms with E-state index in [1.807, 2.05) is 11.3 Å². The highest BCUT2D eigenvalue weighted by atomic mass is 32.1. The lowest BCUT2D eigenvalue weighted by molar-refractivity contribution is 0.200. The van der Waals surface area contributed by atoms with Gasteiger partial charge in [0.05, 0.1) is 6.54 Å². The minimum absolute atomic E-state index is 0.601. The first-order valence-electron chi connectivity index (χ1n) is 9.88. The molecule has 0 unspecified atom stereocenters. The van der Waals surface area contributed by atoms with Gasteiger partial charge in [-0.15, -0.1) is 10.2 Å².